The molecule has 1 aromatic rings. The third-order valence-corrected chi connectivity index (χ3v) is 2.32. The van der Waals surface area contributed by atoms with Crippen LogP contribution in [-0.4, -0.2) is 0 Å². The predicted molar refractivity (Wildman–Crippen MR) is 57.8 cm³/mol. The van der Waals surface area contributed by atoms with E-state index in [1.165, 1.54) is 5.56 Å². The maximum absolute atomic E-state index is 8.28. The van der Waals surface area contributed by atoms with Crippen molar-refractivity contribution in [1.82, 2.24) is 0 Å². The van der Waals surface area contributed by atoms with Crippen molar-refractivity contribution in [3.8, 4) is 6.07 Å². The second-order valence-electron chi connectivity index (χ2n) is 2.50. The fourth-order valence-electron chi connectivity index (χ4n) is 0.968. The van der Waals surface area contributed by atoms with Gasteiger partial charge in [-0.3, -0.25) is 0 Å². The van der Waals surface area contributed by atoms with Crippen molar-refractivity contribution in [3.05, 3.63) is 22.4 Å². The number of rotatable bonds is 4. The van der Waals surface area contributed by atoms with Crippen LogP contribution in [0.5, 0.6) is 0 Å². The Morgan fingerprint density at radius 1 is 1.42 bits per heavy atom. The Bertz CT molecular complexity index is 225. The number of thiophene rings is 1. The maximum atomic E-state index is 8.28. The minimum absolute atomic E-state index is 0. The molecule has 0 radical (unpaired) electrons. The minimum atomic E-state index is 0. The molecule has 0 saturated heterocycles. The number of aryl methyl sites for hydroxylation is 1. The summed E-state index contributed by atoms with van der Waals surface area (Å²) in [5, 5.41) is 12.5. The van der Waals surface area contributed by atoms with Crippen molar-refractivity contribution in [1.29, 1.82) is 5.26 Å². The minimum Gasteiger partial charge on any atom is -0.198 e. The van der Waals surface area contributed by atoms with Gasteiger partial charge in [0.1, 0.15) is 0 Å². The van der Waals surface area contributed by atoms with E-state index < -0.39 is 0 Å². The lowest BCUT2D eigenvalue weighted by atomic mass is 10.1. The SMILES string of the molecule is Br.N#CCCCCc1ccsc1. The zero-order chi connectivity index (χ0) is 7.94. The van der Waals surface area contributed by atoms with E-state index in [0.717, 1.165) is 19.3 Å². The highest BCUT2D eigenvalue weighted by molar-refractivity contribution is 8.93. The molecule has 0 aliphatic carbocycles. The summed E-state index contributed by atoms with van der Waals surface area (Å²) in [6.07, 6.45) is 4.01. The van der Waals surface area contributed by atoms with Gasteiger partial charge in [-0.05, 0) is 41.7 Å². The monoisotopic (exact) mass is 245 g/mol. The highest BCUT2D eigenvalue weighted by atomic mass is 79.9. The average molecular weight is 246 g/mol. The lowest BCUT2D eigenvalue weighted by Crippen LogP contribution is -1.80. The third kappa shape index (κ3) is 4.53. The number of nitriles is 1. The lowest BCUT2D eigenvalue weighted by Gasteiger charge is -1.93. The molecule has 0 aromatic carbocycles. The molecule has 66 valence electrons. The van der Waals surface area contributed by atoms with Crippen LogP contribution in [0.15, 0.2) is 16.8 Å². The van der Waals surface area contributed by atoms with Gasteiger partial charge >= 0.3 is 0 Å². The van der Waals surface area contributed by atoms with Crippen LogP contribution in [0, 0.1) is 11.3 Å². The first-order valence-electron chi connectivity index (χ1n) is 3.81. The Labute approximate surface area is 87.8 Å². The smallest absolute Gasteiger partial charge is 0.0621 e. The Hall–Kier alpha value is -0.330. The van der Waals surface area contributed by atoms with Crippen LogP contribution in [0.1, 0.15) is 24.8 Å². The van der Waals surface area contributed by atoms with Gasteiger partial charge in [0.2, 0.25) is 0 Å². The van der Waals surface area contributed by atoms with Crippen LogP contribution in [0.25, 0.3) is 0 Å². The Balaban J connectivity index is 0.00000121. The quantitative estimate of drug-likeness (QED) is 0.745. The Morgan fingerprint density at radius 3 is 2.83 bits per heavy atom. The summed E-state index contributed by atoms with van der Waals surface area (Å²) < 4.78 is 0. The molecule has 3 heteroatoms. The molecule has 0 fully saturated rings. The first-order valence-corrected chi connectivity index (χ1v) is 4.76. The molecule has 0 aliphatic heterocycles. The fraction of sp³-hybridized carbons (Fsp3) is 0.444. The van der Waals surface area contributed by atoms with E-state index in [1.807, 2.05) is 0 Å². The number of nitrogens with zero attached hydrogens (tertiary/aromatic N) is 1. The number of unbranched alkanes of at least 4 members (excludes halogenated alkanes) is 2. The van der Waals surface area contributed by atoms with Gasteiger partial charge in [-0.1, -0.05) is 0 Å². The second kappa shape index (κ2) is 7.33. The maximum Gasteiger partial charge on any atom is 0.0621 e. The van der Waals surface area contributed by atoms with Crippen molar-refractivity contribution in [3.63, 3.8) is 0 Å². The molecule has 0 spiro atoms. The Morgan fingerprint density at radius 2 is 2.25 bits per heavy atom. The normalized spacial score (nSPS) is 8.58. The zero-order valence-corrected chi connectivity index (χ0v) is 9.35. The van der Waals surface area contributed by atoms with Crippen LogP contribution < -0.4 is 0 Å². The van der Waals surface area contributed by atoms with E-state index in [-0.39, 0.29) is 17.0 Å². The molecule has 0 saturated carbocycles. The first-order chi connectivity index (χ1) is 5.43. The second-order valence-corrected chi connectivity index (χ2v) is 3.28. The summed E-state index contributed by atoms with van der Waals surface area (Å²) in [7, 11) is 0. The molecule has 0 bridgehead atoms. The molecule has 0 N–H and O–H groups in total. The molecule has 1 rings (SSSR count). The highest BCUT2D eigenvalue weighted by Gasteiger charge is 1.92. The van der Waals surface area contributed by atoms with Crippen molar-refractivity contribution in [2.45, 2.75) is 25.7 Å². The third-order valence-electron chi connectivity index (χ3n) is 1.58. The van der Waals surface area contributed by atoms with E-state index in [0.29, 0.717) is 6.42 Å². The van der Waals surface area contributed by atoms with Crippen LogP contribution >= 0.6 is 28.3 Å². The summed E-state index contributed by atoms with van der Waals surface area (Å²) in [4.78, 5) is 0. The van der Waals surface area contributed by atoms with Crippen molar-refractivity contribution >= 4 is 28.3 Å². The van der Waals surface area contributed by atoms with Gasteiger partial charge in [-0.15, -0.1) is 17.0 Å². The lowest BCUT2D eigenvalue weighted by molar-refractivity contribution is 0.754. The van der Waals surface area contributed by atoms with Crippen LogP contribution in [0.4, 0.5) is 0 Å². The number of hydrogen-bond acceptors (Lipinski definition) is 2. The molecular formula is C9H12BrNS. The zero-order valence-electron chi connectivity index (χ0n) is 6.82. The van der Waals surface area contributed by atoms with Gasteiger partial charge in [0.25, 0.3) is 0 Å². The first kappa shape index (κ1) is 11.7. The van der Waals surface area contributed by atoms with Gasteiger partial charge in [-0.2, -0.15) is 16.6 Å². The molecule has 1 aromatic heterocycles. The standard InChI is InChI=1S/C9H11NS.BrH/c10-6-3-1-2-4-9-5-7-11-8-9;/h5,7-8H,1-4H2;1H. The summed E-state index contributed by atoms with van der Waals surface area (Å²) >= 11 is 1.74. The molecular weight excluding hydrogens is 234 g/mol. The number of halogens is 1. The van der Waals surface area contributed by atoms with E-state index in [2.05, 4.69) is 22.9 Å². The summed E-state index contributed by atoms with van der Waals surface area (Å²) in [5.41, 5.74) is 1.41. The molecule has 0 aliphatic rings. The number of hydrogen-bond donors (Lipinski definition) is 0. The van der Waals surface area contributed by atoms with Crippen molar-refractivity contribution < 1.29 is 0 Å². The average Bonchev–Trinajstić information content (AvgIpc) is 2.50. The van der Waals surface area contributed by atoms with Crippen LogP contribution in [0.2, 0.25) is 0 Å². The molecule has 1 heterocycles. The van der Waals surface area contributed by atoms with E-state index in [4.69, 9.17) is 5.26 Å². The summed E-state index contributed by atoms with van der Waals surface area (Å²) in [6, 6.07) is 4.30. The van der Waals surface area contributed by atoms with Gasteiger partial charge in [-0.25, -0.2) is 0 Å². The van der Waals surface area contributed by atoms with Crippen molar-refractivity contribution in [2.24, 2.45) is 0 Å². The van der Waals surface area contributed by atoms with Gasteiger partial charge in [0.05, 0.1) is 6.07 Å². The fourth-order valence-corrected chi connectivity index (χ4v) is 1.67. The molecule has 0 amide bonds. The van der Waals surface area contributed by atoms with Gasteiger partial charge < -0.3 is 0 Å². The Kier molecular flexibility index (Phi) is 7.12. The van der Waals surface area contributed by atoms with Gasteiger partial charge in [0.15, 0.2) is 0 Å². The molecule has 0 unspecified atom stereocenters. The van der Waals surface area contributed by atoms with Crippen LogP contribution in [0.3, 0.4) is 0 Å². The van der Waals surface area contributed by atoms with Crippen molar-refractivity contribution in [2.75, 3.05) is 0 Å². The van der Waals surface area contributed by atoms with E-state index in [1.54, 1.807) is 11.3 Å². The molecule has 0 atom stereocenters. The highest BCUT2D eigenvalue weighted by Crippen LogP contribution is 2.09. The summed E-state index contributed by atoms with van der Waals surface area (Å²) in [6.45, 7) is 0. The molecule has 12 heavy (non-hydrogen) atoms. The van der Waals surface area contributed by atoms with Crippen LogP contribution in [-0.2, 0) is 6.42 Å². The molecule has 1 nitrogen and oxygen atoms in total. The largest absolute Gasteiger partial charge is 0.198 e. The topological polar surface area (TPSA) is 23.8 Å². The predicted octanol–water partition coefficient (Wildman–Crippen LogP) is 3.56. The van der Waals surface area contributed by atoms with Gasteiger partial charge in [0, 0.05) is 6.42 Å². The van der Waals surface area contributed by atoms with E-state index >= 15 is 0 Å². The van der Waals surface area contributed by atoms with E-state index in [9.17, 15) is 0 Å². The summed E-state index contributed by atoms with van der Waals surface area (Å²) in [5.74, 6) is 0.